The molecule has 0 aromatic heterocycles. The Balaban J connectivity index is 0.000000519. The molecule has 2 saturated heterocycles. The van der Waals surface area contributed by atoms with Gasteiger partial charge in [0.25, 0.3) is 0 Å². The van der Waals surface area contributed by atoms with Gasteiger partial charge < -0.3 is 9.80 Å². The number of unbranched alkanes of at least 4 members (excludes halogenated alkanes) is 1. The van der Waals surface area contributed by atoms with E-state index in [2.05, 4.69) is 37.6 Å². The molecule has 2 aliphatic rings. The van der Waals surface area contributed by atoms with Crippen molar-refractivity contribution in [2.75, 3.05) is 33.2 Å². The molecule has 0 aliphatic carbocycles. The molecule has 0 radical (unpaired) electrons. The number of nitrogens with zero attached hydrogens (tertiary/aromatic N) is 2. The van der Waals surface area contributed by atoms with E-state index < -0.39 is 0 Å². The number of hydrogen-bond donors (Lipinski definition) is 0. The molecular weight excluding hydrogens is 332 g/mol. The quantitative estimate of drug-likeness (QED) is 0.511. The van der Waals surface area contributed by atoms with Gasteiger partial charge >= 0.3 is 0 Å². The number of piperidine rings is 2. The highest BCUT2D eigenvalue weighted by molar-refractivity contribution is 5.78. The fourth-order valence-electron chi connectivity index (χ4n) is 4.03. The van der Waals surface area contributed by atoms with Crippen LogP contribution in [0.2, 0.25) is 0 Å². The molecule has 3 nitrogen and oxygen atoms in total. The molecule has 1 unspecified atom stereocenters. The molecule has 0 N–H and O–H groups in total. The first-order chi connectivity index (χ1) is 13.1. The van der Waals surface area contributed by atoms with E-state index in [1.165, 1.54) is 64.5 Å². The standard InChI is InChI=1S/C14H27NO.C8H17N.C2H6/c1-3-5-10-13(9-4-2)14(16)15-11-7-6-8-12-15;1-3-8-4-6-9(2)7-5-8;1-2/h13H,3-12H2,1-2H3;8H,3-7H2,1-2H3;1-2H3. The Kier molecular flexibility index (Phi) is 17.2. The molecule has 162 valence electrons. The lowest BCUT2D eigenvalue weighted by atomic mass is 9.94. The molecule has 3 heteroatoms. The Labute approximate surface area is 171 Å². The van der Waals surface area contributed by atoms with Gasteiger partial charge in [0.05, 0.1) is 0 Å². The van der Waals surface area contributed by atoms with E-state index in [1.54, 1.807) is 0 Å². The average molecular weight is 383 g/mol. The summed E-state index contributed by atoms with van der Waals surface area (Å²) in [5, 5.41) is 0. The maximum Gasteiger partial charge on any atom is 0.225 e. The lowest BCUT2D eigenvalue weighted by Crippen LogP contribution is -2.39. The minimum atomic E-state index is 0.308. The normalized spacial score (nSPS) is 19.4. The van der Waals surface area contributed by atoms with Crippen molar-refractivity contribution in [3.8, 4) is 0 Å². The van der Waals surface area contributed by atoms with Crippen molar-refractivity contribution in [2.24, 2.45) is 11.8 Å². The van der Waals surface area contributed by atoms with Crippen molar-refractivity contribution in [2.45, 2.75) is 105 Å². The predicted octanol–water partition coefficient (Wildman–Crippen LogP) is 6.37. The average Bonchev–Trinajstić information content (AvgIpc) is 2.74. The third-order valence-electron chi connectivity index (χ3n) is 5.98. The Morgan fingerprint density at radius 3 is 1.96 bits per heavy atom. The van der Waals surface area contributed by atoms with E-state index in [1.807, 2.05) is 13.8 Å². The Morgan fingerprint density at radius 1 is 0.889 bits per heavy atom. The summed E-state index contributed by atoms with van der Waals surface area (Å²) in [4.78, 5) is 16.9. The van der Waals surface area contributed by atoms with E-state index in [0.29, 0.717) is 11.8 Å². The second-order valence-electron chi connectivity index (χ2n) is 8.17. The summed E-state index contributed by atoms with van der Waals surface area (Å²) in [5.74, 6) is 1.78. The molecule has 0 saturated carbocycles. The Hall–Kier alpha value is -0.570. The molecule has 2 heterocycles. The molecule has 2 fully saturated rings. The number of rotatable bonds is 7. The Bertz CT molecular complexity index is 331. The molecule has 2 aliphatic heterocycles. The van der Waals surface area contributed by atoms with Crippen LogP contribution in [-0.2, 0) is 4.79 Å². The lowest BCUT2D eigenvalue weighted by molar-refractivity contribution is -0.137. The van der Waals surface area contributed by atoms with E-state index in [4.69, 9.17) is 0 Å². The van der Waals surface area contributed by atoms with Gasteiger partial charge in [-0.05, 0) is 71.0 Å². The SMILES string of the molecule is CC.CCC1CCN(C)CC1.CCCCC(CCC)C(=O)N1CCCCC1. The van der Waals surface area contributed by atoms with Gasteiger partial charge in [0.2, 0.25) is 5.91 Å². The van der Waals surface area contributed by atoms with Gasteiger partial charge in [-0.15, -0.1) is 0 Å². The third kappa shape index (κ3) is 11.8. The minimum absolute atomic E-state index is 0.308. The van der Waals surface area contributed by atoms with Gasteiger partial charge in [-0.3, -0.25) is 4.79 Å². The minimum Gasteiger partial charge on any atom is -0.342 e. The van der Waals surface area contributed by atoms with Crippen molar-refractivity contribution in [1.29, 1.82) is 0 Å². The van der Waals surface area contributed by atoms with Gasteiger partial charge in [-0.25, -0.2) is 0 Å². The van der Waals surface area contributed by atoms with E-state index in [-0.39, 0.29) is 0 Å². The predicted molar refractivity (Wildman–Crippen MR) is 120 cm³/mol. The van der Waals surface area contributed by atoms with Crippen LogP contribution in [0.4, 0.5) is 0 Å². The van der Waals surface area contributed by atoms with Crippen LogP contribution in [0, 0.1) is 11.8 Å². The first-order valence-electron chi connectivity index (χ1n) is 12.1. The molecular formula is C24H50N2O. The van der Waals surface area contributed by atoms with Crippen LogP contribution < -0.4 is 0 Å². The molecule has 27 heavy (non-hydrogen) atoms. The van der Waals surface area contributed by atoms with Gasteiger partial charge in [0.15, 0.2) is 0 Å². The maximum absolute atomic E-state index is 12.3. The number of hydrogen-bond acceptors (Lipinski definition) is 2. The second kappa shape index (κ2) is 17.5. The summed E-state index contributed by atoms with van der Waals surface area (Å²) in [7, 11) is 2.21. The van der Waals surface area contributed by atoms with Crippen LogP contribution in [0.25, 0.3) is 0 Å². The first kappa shape index (κ1) is 26.4. The second-order valence-corrected chi connectivity index (χ2v) is 8.17. The van der Waals surface area contributed by atoms with E-state index in [0.717, 1.165) is 38.3 Å². The van der Waals surface area contributed by atoms with Crippen LogP contribution >= 0.6 is 0 Å². The van der Waals surface area contributed by atoms with Crippen LogP contribution in [0.5, 0.6) is 0 Å². The van der Waals surface area contributed by atoms with Crippen molar-refractivity contribution in [1.82, 2.24) is 9.80 Å². The monoisotopic (exact) mass is 382 g/mol. The van der Waals surface area contributed by atoms with Crippen molar-refractivity contribution in [3.05, 3.63) is 0 Å². The van der Waals surface area contributed by atoms with Gasteiger partial charge in [0, 0.05) is 19.0 Å². The molecule has 1 amide bonds. The molecule has 0 aromatic rings. The number of likely N-dealkylation sites (tertiary alicyclic amines) is 2. The van der Waals surface area contributed by atoms with E-state index in [9.17, 15) is 4.79 Å². The zero-order valence-electron chi connectivity index (χ0n) is 19.6. The van der Waals surface area contributed by atoms with Crippen LogP contribution in [0.1, 0.15) is 105 Å². The first-order valence-corrected chi connectivity index (χ1v) is 12.1. The lowest BCUT2D eigenvalue weighted by Gasteiger charge is -2.30. The molecule has 1 atom stereocenters. The fourth-order valence-corrected chi connectivity index (χ4v) is 4.03. The topological polar surface area (TPSA) is 23.6 Å². The van der Waals surface area contributed by atoms with Crippen molar-refractivity contribution >= 4 is 5.91 Å². The number of carbonyl (C=O) groups is 1. The number of carbonyl (C=O) groups excluding carboxylic acids is 1. The van der Waals surface area contributed by atoms with Crippen LogP contribution in [0.15, 0.2) is 0 Å². The van der Waals surface area contributed by atoms with Crippen LogP contribution in [-0.4, -0.2) is 48.9 Å². The maximum atomic E-state index is 12.3. The molecule has 2 rings (SSSR count). The molecule has 0 bridgehead atoms. The summed E-state index contributed by atoms with van der Waals surface area (Å²) in [6.45, 7) is 15.3. The fraction of sp³-hybridized carbons (Fsp3) is 0.958. The highest BCUT2D eigenvalue weighted by Gasteiger charge is 2.24. The summed E-state index contributed by atoms with van der Waals surface area (Å²) in [5.41, 5.74) is 0. The Morgan fingerprint density at radius 2 is 1.48 bits per heavy atom. The van der Waals surface area contributed by atoms with Crippen molar-refractivity contribution < 1.29 is 4.79 Å². The largest absolute Gasteiger partial charge is 0.342 e. The summed E-state index contributed by atoms with van der Waals surface area (Å²) in [6, 6.07) is 0. The van der Waals surface area contributed by atoms with Crippen molar-refractivity contribution in [3.63, 3.8) is 0 Å². The van der Waals surface area contributed by atoms with Gasteiger partial charge in [-0.2, -0.15) is 0 Å². The molecule has 0 aromatic carbocycles. The smallest absolute Gasteiger partial charge is 0.225 e. The van der Waals surface area contributed by atoms with Gasteiger partial charge in [-0.1, -0.05) is 60.3 Å². The molecule has 0 spiro atoms. The zero-order valence-corrected chi connectivity index (χ0v) is 19.6. The zero-order chi connectivity index (χ0) is 20.5. The van der Waals surface area contributed by atoms with Gasteiger partial charge in [0.1, 0.15) is 0 Å². The highest BCUT2D eigenvalue weighted by Crippen LogP contribution is 2.20. The summed E-state index contributed by atoms with van der Waals surface area (Å²) < 4.78 is 0. The van der Waals surface area contributed by atoms with E-state index >= 15 is 0 Å². The van der Waals surface area contributed by atoms with Crippen LogP contribution in [0.3, 0.4) is 0 Å². The summed E-state index contributed by atoms with van der Waals surface area (Å²) in [6.07, 6.45) is 13.7. The highest BCUT2D eigenvalue weighted by atomic mass is 16.2. The third-order valence-corrected chi connectivity index (χ3v) is 5.98. The number of amides is 1. The summed E-state index contributed by atoms with van der Waals surface area (Å²) >= 11 is 0.